The Labute approximate surface area is 782 Å². The fourth-order valence-electron chi connectivity index (χ4n) is 20.1. The summed E-state index contributed by atoms with van der Waals surface area (Å²) >= 11 is 0. The van der Waals surface area contributed by atoms with Crippen LogP contribution in [0.15, 0.2) is 504 Å². The van der Waals surface area contributed by atoms with E-state index in [4.69, 9.17) is 4.74 Å². The predicted octanol–water partition coefficient (Wildman–Crippen LogP) is 35.8. The van der Waals surface area contributed by atoms with Crippen LogP contribution in [0.5, 0.6) is 11.5 Å². The summed E-state index contributed by atoms with van der Waals surface area (Å²) in [6, 6.07) is 181. The van der Waals surface area contributed by atoms with Crippen molar-refractivity contribution in [1.29, 1.82) is 0 Å². The smallest absolute Gasteiger partial charge is 0.152 e. The van der Waals surface area contributed by atoms with Gasteiger partial charge in [0.1, 0.15) is 5.75 Å². The third-order valence-corrected chi connectivity index (χ3v) is 27.1. The lowest BCUT2D eigenvalue weighted by atomic mass is 9.82. The van der Waals surface area contributed by atoms with Crippen molar-refractivity contribution in [2.75, 3.05) is 14.7 Å². The maximum absolute atomic E-state index is 6.73. The first kappa shape index (κ1) is 83.5. The van der Waals surface area contributed by atoms with Gasteiger partial charge in [0.15, 0.2) is 5.75 Å². The second kappa shape index (κ2) is 35.9. The Hall–Kier alpha value is -16.4. The lowest BCUT2D eigenvalue weighted by Crippen LogP contribution is -2.16. The Morgan fingerprint density at radius 2 is 0.368 bits per heavy atom. The summed E-state index contributed by atoms with van der Waals surface area (Å²) in [5, 5.41) is 0. The number of para-hydroxylation sites is 1. The average Bonchev–Trinajstić information content (AvgIpc) is 1.59. The van der Waals surface area contributed by atoms with Gasteiger partial charge in [0.05, 0.1) is 5.69 Å². The molecule has 3 aliphatic carbocycles. The van der Waals surface area contributed by atoms with Crippen LogP contribution in [0.25, 0.3) is 111 Å². The van der Waals surface area contributed by atoms with Gasteiger partial charge in [-0.2, -0.15) is 0 Å². The second-order valence-corrected chi connectivity index (χ2v) is 36.3. The molecule has 0 aliphatic heterocycles. The third kappa shape index (κ3) is 16.5. The van der Waals surface area contributed by atoms with Gasteiger partial charge in [0, 0.05) is 61.7 Å². The van der Waals surface area contributed by atoms with Crippen molar-refractivity contribution in [3.05, 3.63) is 537 Å². The fourth-order valence-corrected chi connectivity index (χ4v) is 20.1. The maximum atomic E-state index is 6.73. The van der Waals surface area contributed by atoms with Gasteiger partial charge in [-0.25, -0.2) is 0 Å². The molecule has 0 N–H and O–H groups in total. The van der Waals surface area contributed by atoms with Crippen LogP contribution in [0.4, 0.5) is 51.2 Å². The summed E-state index contributed by atoms with van der Waals surface area (Å²) in [6.07, 6.45) is 0. The molecule has 20 aromatic rings. The van der Waals surface area contributed by atoms with Crippen LogP contribution in [0, 0.1) is 0 Å². The SMILES string of the molecule is CC1(C)c2ccccc2-c2ccc(N(c3ccc(-c4ccccc4)cc3)c3ccc(-c4ccc(-c5ccccc5)cc4)cc3)cc21.CC1(C)c2ccccc2-c2ccc(N(c3ccc(-c4ccccc4)cc3)c3ccc(-c4ccccc4)cc3Oc3ccccc3)cc21.CC1(C)c2ccccc2-c2ccc(N(c3cccc(-c4ccccc4)c3)c3cccc(-c4ccccc4)c3)cc21. The monoisotopic (exact) mass is 1710 g/mol. The van der Waals surface area contributed by atoms with Crippen molar-refractivity contribution < 1.29 is 4.74 Å². The highest BCUT2D eigenvalue weighted by atomic mass is 16.5. The van der Waals surface area contributed by atoms with E-state index in [-0.39, 0.29) is 16.2 Å². The largest absolute Gasteiger partial charge is 0.455 e. The fraction of sp³-hybridized carbons (Fsp3) is 0.0698. The number of anilines is 9. The third-order valence-electron chi connectivity index (χ3n) is 27.1. The van der Waals surface area contributed by atoms with Crippen molar-refractivity contribution in [1.82, 2.24) is 0 Å². The van der Waals surface area contributed by atoms with E-state index >= 15 is 0 Å². The van der Waals surface area contributed by atoms with Crippen LogP contribution < -0.4 is 19.4 Å². The molecule has 4 heteroatoms. The highest BCUT2D eigenvalue weighted by Crippen LogP contribution is 2.56. The van der Waals surface area contributed by atoms with E-state index in [2.05, 4.69) is 523 Å². The zero-order valence-corrected chi connectivity index (χ0v) is 75.7. The molecule has 23 rings (SSSR count). The van der Waals surface area contributed by atoms with Gasteiger partial charge in [-0.3, -0.25) is 0 Å². The lowest BCUT2D eigenvalue weighted by Gasteiger charge is -2.30. The summed E-state index contributed by atoms with van der Waals surface area (Å²) in [5.74, 6) is 1.58. The van der Waals surface area contributed by atoms with Crippen molar-refractivity contribution >= 4 is 51.2 Å². The van der Waals surface area contributed by atoms with Crippen molar-refractivity contribution in [2.45, 2.75) is 57.8 Å². The lowest BCUT2D eigenvalue weighted by molar-refractivity contribution is 0.484. The van der Waals surface area contributed by atoms with Gasteiger partial charge in [-0.15, -0.1) is 0 Å². The molecule has 0 saturated heterocycles. The Morgan fingerprint density at radius 1 is 0.150 bits per heavy atom. The van der Waals surface area contributed by atoms with Crippen LogP contribution in [-0.2, 0) is 16.2 Å². The average molecular weight is 1710 g/mol. The molecule has 638 valence electrons. The number of rotatable bonds is 18. The van der Waals surface area contributed by atoms with E-state index in [9.17, 15) is 0 Å². The van der Waals surface area contributed by atoms with E-state index < -0.39 is 0 Å². The molecule has 4 nitrogen and oxygen atoms in total. The van der Waals surface area contributed by atoms with Crippen molar-refractivity contribution in [3.8, 4) is 123 Å². The van der Waals surface area contributed by atoms with Gasteiger partial charge in [0.25, 0.3) is 0 Å². The molecule has 3 aliphatic rings. The van der Waals surface area contributed by atoms with Gasteiger partial charge >= 0.3 is 0 Å². The Bertz CT molecular complexity index is 7460. The van der Waals surface area contributed by atoms with Gasteiger partial charge in [-0.1, -0.05) is 424 Å². The maximum Gasteiger partial charge on any atom is 0.152 e. The number of benzene rings is 20. The molecule has 0 unspecified atom stereocenters. The molecule has 0 amide bonds. The molecule has 0 radical (unpaired) electrons. The van der Waals surface area contributed by atoms with Crippen LogP contribution in [0.3, 0.4) is 0 Å². The molecule has 0 spiro atoms. The summed E-state index contributed by atoms with van der Waals surface area (Å²) < 4.78 is 6.73. The molecule has 133 heavy (non-hydrogen) atoms. The molecule has 0 aromatic heterocycles. The first-order valence-electron chi connectivity index (χ1n) is 46.2. The summed E-state index contributed by atoms with van der Waals surface area (Å²) in [4.78, 5) is 7.12. The van der Waals surface area contributed by atoms with Crippen LogP contribution in [0.2, 0.25) is 0 Å². The van der Waals surface area contributed by atoms with Crippen molar-refractivity contribution in [3.63, 3.8) is 0 Å². The topological polar surface area (TPSA) is 19.0 Å². The van der Waals surface area contributed by atoms with E-state index in [1.54, 1.807) is 0 Å². The zero-order valence-electron chi connectivity index (χ0n) is 75.7. The highest BCUT2D eigenvalue weighted by Gasteiger charge is 2.39. The molecule has 20 aromatic carbocycles. The van der Waals surface area contributed by atoms with Crippen molar-refractivity contribution in [2.24, 2.45) is 0 Å². The number of fused-ring (bicyclic) bond motifs is 9. The Balaban J connectivity index is 0.000000120. The van der Waals surface area contributed by atoms with E-state index in [0.717, 1.165) is 73.8 Å². The van der Waals surface area contributed by atoms with Gasteiger partial charge in [-0.05, 0) is 266 Å². The van der Waals surface area contributed by atoms with E-state index in [1.165, 1.54) is 134 Å². The first-order valence-corrected chi connectivity index (χ1v) is 46.2. The van der Waals surface area contributed by atoms with Crippen LogP contribution in [0.1, 0.15) is 74.9 Å². The normalized spacial score (nSPS) is 12.8. The second-order valence-electron chi connectivity index (χ2n) is 36.3. The zero-order chi connectivity index (χ0) is 90.0. The van der Waals surface area contributed by atoms with Crippen LogP contribution >= 0.6 is 0 Å². The minimum atomic E-state index is -0.120. The minimum Gasteiger partial charge on any atom is -0.455 e. The Morgan fingerprint density at radius 3 is 0.699 bits per heavy atom. The minimum absolute atomic E-state index is 0.0641. The number of hydrogen-bond acceptors (Lipinski definition) is 4. The van der Waals surface area contributed by atoms with E-state index in [0.29, 0.717) is 0 Å². The van der Waals surface area contributed by atoms with Gasteiger partial charge in [0.2, 0.25) is 0 Å². The molecular formula is C129H101N3O. The standard InChI is InChI=1S/C45H35NO.C45H35N.C39H31N/c1-45(2)41-21-13-12-20-39(41)40-28-27-37(31-42(40)45)46(36-25-22-34(23-26-36)32-14-6-3-7-15-32)43-29-24-35(33-16-8-4-9-17-33)30-44(43)47-38-18-10-5-11-19-38;1-45(2)43-16-10-9-15-41(43)42-30-29-40(31-44(42)45)46(38-25-21-36(22-26-38)33-13-7-4-8-14-33)39-27-23-37(24-28-39)35-19-17-34(18-20-35)32-11-5-3-6-12-32;1-39(2)37-22-10-9-21-35(37)36-24-23-34(27-38(36)39)40(32-19-11-17-30(25-32)28-13-5-3-6-14-28)33-20-12-18-31(26-33)29-15-7-4-8-16-29/h3-31H,1-2H3;3-31H,1-2H3;3-27H,1-2H3. The predicted molar refractivity (Wildman–Crippen MR) is 561 cm³/mol. The summed E-state index contributed by atoms with van der Waals surface area (Å²) in [5.41, 5.74) is 42.7. The molecule has 0 atom stereocenters. The number of hydrogen-bond donors (Lipinski definition) is 0. The van der Waals surface area contributed by atoms with Gasteiger partial charge < -0.3 is 19.4 Å². The molecule has 0 fully saturated rings. The summed E-state index contributed by atoms with van der Waals surface area (Å²) in [6.45, 7) is 14.0. The number of ether oxygens (including phenoxy) is 1. The Kier molecular flexibility index (Phi) is 22.5. The summed E-state index contributed by atoms with van der Waals surface area (Å²) in [7, 11) is 0. The van der Waals surface area contributed by atoms with Crippen LogP contribution in [-0.4, -0.2) is 0 Å². The number of nitrogens with zero attached hydrogens (tertiary/aromatic N) is 3. The molecule has 0 heterocycles. The quantitative estimate of drug-likeness (QED) is 0.0852. The first-order chi connectivity index (χ1) is 65.2. The van der Waals surface area contributed by atoms with E-state index in [1.807, 2.05) is 36.4 Å². The molecule has 0 saturated carbocycles. The highest BCUT2D eigenvalue weighted by molar-refractivity contribution is 5.93. The molecule has 0 bridgehead atoms. The molecular weight excluding hydrogens is 1610 g/mol.